The number of benzene rings is 2. The zero-order valence-corrected chi connectivity index (χ0v) is 12.9. The zero-order chi connectivity index (χ0) is 15.6. The molecule has 0 saturated carbocycles. The summed E-state index contributed by atoms with van der Waals surface area (Å²) in [6.07, 6.45) is 0. The largest absolute Gasteiger partial charge is 0.479 e. The maximum absolute atomic E-state index is 11.7. The number of carboxylic acids is 1. The molecule has 0 heterocycles. The highest BCUT2D eigenvalue weighted by Crippen LogP contribution is 2.27. The molecule has 0 radical (unpaired) electrons. The molecule has 21 heavy (non-hydrogen) atoms. The van der Waals surface area contributed by atoms with Crippen molar-refractivity contribution in [2.24, 2.45) is 0 Å². The maximum atomic E-state index is 11.7. The van der Waals surface area contributed by atoms with Gasteiger partial charge in [-0.05, 0) is 62.1 Å². The van der Waals surface area contributed by atoms with E-state index in [-0.39, 0.29) is 0 Å². The number of nitrogens with one attached hydrogen (secondary N) is 1. The van der Waals surface area contributed by atoms with Crippen LogP contribution in [0.2, 0.25) is 0 Å². The minimum absolute atomic E-state index is 0.743. The molecule has 0 aliphatic rings. The van der Waals surface area contributed by atoms with Gasteiger partial charge < -0.3 is 10.4 Å². The second-order valence-corrected chi connectivity index (χ2v) is 5.60. The van der Waals surface area contributed by atoms with Gasteiger partial charge in [-0.3, -0.25) is 0 Å². The monoisotopic (exact) mass is 283 g/mol. The van der Waals surface area contributed by atoms with Crippen LogP contribution in [0.25, 0.3) is 0 Å². The van der Waals surface area contributed by atoms with Crippen LogP contribution >= 0.6 is 0 Å². The van der Waals surface area contributed by atoms with Gasteiger partial charge in [0.25, 0.3) is 0 Å². The van der Waals surface area contributed by atoms with Crippen molar-refractivity contribution in [3.63, 3.8) is 0 Å². The zero-order valence-electron chi connectivity index (χ0n) is 12.9. The molecule has 0 fully saturated rings. The summed E-state index contributed by atoms with van der Waals surface area (Å²) < 4.78 is 0. The van der Waals surface area contributed by atoms with Crippen LogP contribution in [0.3, 0.4) is 0 Å². The molecule has 110 valence electrons. The summed E-state index contributed by atoms with van der Waals surface area (Å²) in [5.41, 5.74) is 5.91. The van der Waals surface area contributed by atoms with E-state index in [2.05, 4.69) is 5.32 Å². The lowest BCUT2D eigenvalue weighted by Crippen LogP contribution is -2.22. The highest BCUT2D eigenvalue weighted by Gasteiger charge is 2.23. The van der Waals surface area contributed by atoms with Gasteiger partial charge in [0.05, 0.1) is 0 Å². The molecule has 2 aromatic carbocycles. The quantitative estimate of drug-likeness (QED) is 0.886. The van der Waals surface area contributed by atoms with Crippen LogP contribution in [0.4, 0.5) is 5.69 Å². The number of hydrogen-bond donors (Lipinski definition) is 2. The first-order valence-electron chi connectivity index (χ1n) is 7.02. The molecule has 1 unspecified atom stereocenters. The van der Waals surface area contributed by atoms with Gasteiger partial charge in [0.2, 0.25) is 0 Å². The van der Waals surface area contributed by atoms with Crippen molar-refractivity contribution in [3.8, 4) is 0 Å². The summed E-state index contributed by atoms with van der Waals surface area (Å²) in [5, 5.41) is 12.8. The summed E-state index contributed by atoms with van der Waals surface area (Å²) in [6.45, 7) is 7.93. The van der Waals surface area contributed by atoms with Crippen LogP contribution in [0, 0.1) is 27.7 Å². The smallest absolute Gasteiger partial charge is 0.330 e. The van der Waals surface area contributed by atoms with Crippen LogP contribution in [-0.2, 0) is 4.79 Å². The molecule has 2 N–H and O–H groups in total. The molecule has 0 aliphatic carbocycles. The van der Waals surface area contributed by atoms with Crippen LogP contribution in [0.1, 0.15) is 33.9 Å². The normalized spacial score (nSPS) is 12.0. The van der Waals surface area contributed by atoms with E-state index in [0.717, 1.165) is 33.5 Å². The van der Waals surface area contributed by atoms with Gasteiger partial charge in [0.15, 0.2) is 6.04 Å². The molecule has 0 bridgehead atoms. The van der Waals surface area contributed by atoms with E-state index in [9.17, 15) is 9.90 Å². The molecule has 3 heteroatoms. The second-order valence-electron chi connectivity index (χ2n) is 5.60. The Balaban J connectivity index is 2.43. The second kappa shape index (κ2) is 6.00. The van der Waals surface area contributed by atoms with E-state index in [1.54, 1.807) is 0 Å². The van der Waals surface area contributed by atoms with Crippen LogP contribution in [0.5, 0.6) is 0 Å². The van der Waals surface area contributed by atoms with Gasteiger partial charge >= 0.3 is 5.97 Å². The van der Waals surface area contributed by atoms with E-state index in [1.165, 1.54) is 0 Å². The minimum atomic E-state index is -0.869. The summed E-state index contributed by atoms with van der Waals surface area (Å²) >= 11 is 0. The highest BCUT2D eigenvalue weighted by atomic mass is 16.4. The lowest BCUT2D eigenvalue weighted by atomic mass is 9.94. The van der Waals surface area contributed by atoms with Crippen LogP contribution in [0.15, 0.2) is 36.4 Å². The number of aliphatic carboxylic acids is 1. The molecule has 0 aromatic heterocycles. The predicted octanol–water partition coefficient (Wildman–Crippen LogP) is 4.16. The van der Waals surface area contributed by atoms with E-state index in [1.807, 2.05) is 64.1 Å². The Morgan fingerprint density at radius 3 is 2.14 bits per heavy atom. The Morgan fingerprint density at radius 1 is 1.00 bits per heavy atom. The topological polar surface area (TPSA) is 49.3 Å². The van der Waals surface area contributed by atoms with Crippen molar-refractivity contribution in [2.45, 2.75) is 33.7 Å². The minimum Gasteiger partial charge on any atom is -0.479 e. The molecule has 3 nitrogen and oxygen atoms in total. The first kappa shape index (κ1) is 15.1. The number of carbonyl (C=O) groups is 1. The fourth-order valence-corrected chi connectivity index (χ4v) is 2.81. The fraction of sp³-hybridized carbons (Fsp3) is 0.278. The van der Waals surface area contributed by atoms with Gasteiger partial charge in [-0.25, -0.2) is 4.79 Å². The summed E-state index contributed by atoms with van der Waals surface area (Å²) in [6, 6.07) is 11.1. The van der Waals surface area contributed by atoms with E-state index in [0.29, 0.717) is 0 Å². The van der Waals surface area contributed by atoms with E-state index < -0.39 is 12.0 Å². The molecule has 0 saturated heterocycles. The third-order valence-corrected chi connectivity index (χ3v) is 3.60. The molecular formula is C18H21NO2. The average molecular weight is 283 g/mol. The molecule has 2 aromatic rings. The third-order valence-electron chi connectivity index (χ3n) is 3.60. The Kier molecular flexibility index (Phi) is 4.32. The molecule has 0 aliphatic heterocycles. The van der Waals surface area contributed by atoms with Gasteiger partial charge in [-0.15, -0.1) is 0 Å². The van der Waals surface area contributed by atoms with E-state index >= 15 is 0 Å². The lowest BCUT2D eigenvalue weighted by Gasteiger charge is -2.21. The number of hydrogen-bond acceptors (Lipinski definition) is 2. The first-order chi connectivity index (χ1) is 9.88. The van der Waals surface area contributed by atoms with Crippen molar-refractivity contribution in [3.05, 3.63) is 64.2 Å². The Labute approximate surface area is 125 Å². The van der Waals surface area contributed by atoms with Crippen molar-refractivity contribution >= 4 is 11.7 Å². The lowest BCUT2D eigenvalue weighted by molar-refractivity contribution is -0.138. The SMILES string of the molecule is Cc1cccc(NC(C(=O)O)c2c(C)cc(C)cc2C)c1. The summed E-state index contributed by atoms with van der Waals surface area (Å²) in [5.74, 6) is -0.869. The third kappa shape index (κ3) is 3.43. The number of anilines is 1. The summed E-state index contributed by atoms with van der Waals surface area (Å²) in [7, 11) is 0. The number of rotatable bonds is 4. The van der Waals surface area contributed by atoms with E-state index in [4.69, 9.17) is 0 Å². The fourth-order valence-electron chi connectivity index (χ4n) is 2.81. The van der Waals surface area contributed by atoms with Gasteiger partial charge in [-0.1, -0.05) is 29.8 Å². The Morgan fingerprint density at radius 2 is 1.62 bits per heavy atom. The Bertz CT molecular complexity index is 654. The first-order valence-corrected chi connectivity index (χ1v) is 7.02. The van der Waals surface area contributed by atoms with Gasteiger partial charge in [0, 0.05) is 5.69 Å². The van der Waals surface area contributed by atoms with Crippen LogP contribution < -0.4 is 5.32 Å². The molecule has 0 amide bonds. The van der Waals surface area contributed by atoms with Gasteiger partial charge in [0.1, 0.15) is 0 Å². The predicted molar refractivity (Wildman–Crippen MR) is 85.8 cm³/mol. The van der Waals surface area contributed by atoms with Crippen LogP contribution in [-0.4, -0.2) is 11.1 Å². The molecule has 1 atom stereocenters. The van der Waals surface area contributed by atoms with Crippen molar-refractivity contribution < 1.29 is 9.90 Å². The van der Waals surface area contributed by atoms with Crippen molar-refractivity contribution in [1.29, 1.82) is 0 Å². The van der Waals surface area contributed by atoms with Gasteiger partial charge in [-0.2, -0.15) is 0 Å². The van der Waals surface area contributed by atoms with Crippen molar-refractivity contribution in [2.75, 3.05) is 5.32 Å². The maximum Gasteiger partial charge on any atom is 0.330 e. The average Bonchev–Trinajstić information content (AvgIpc) is 2.36. The highest BCUT2D eigenvalue weighted by molar-refractivity contribution is 5.80. The van der Waals surface area contributed by atoms with Crippen molar-refractivity contribution in [1.82, 2.24) is 0 Å². The summed E-state index contributed by atoms with van der Waals surface area (Å²) in [4.78, 5) is 11.7. The molecule has 0 spiro atoms. The Hall–Kier alpha value is -2.29. The number of carboxylic acid groups (broad SMARTS) is 1. The molecule has 2 rings (SSSR count). The standard InChI is InChI=1S/C18H21NO2/c1-11-6-5-7-15(10-11)19-17(18(20)21)16-13(3)8-12(2)9-14(16)4/h5-10,17,19H,1-4H3,(H,20,21). The molecular weight excluding hydrogens is 262 g/mol. The number of aryl methyl sites for hydroxylation is 4.